The molecule has 0 saturated heterocycles. The Hall–Kier alpha value is -3.26. The molecule has 0 bridgehead atoms. The first kappa shape index (κ1) is 19.1. The first-order valence-corrected chi connectivity index (χ1v) is 10.3. The highest BCUT2D eigenvalue weighted by Crippen LogP contribution is 2.28. The first-order valence-electron chi connectivity index (χ1n) is 9.47. The third-order valence-electron chi connectivity index (χ3n) is 4.55. The number of hydrogen-bond acceptors (Lipinski definition) is 6. The number of carbonyl (C=O) groups is 1. The summed E-state index contributed by atoms with van der Waals surface area (Å²) in [5.41, 5.74) is 9.01. The fraction of sp³-hybridized carbons (Fsp3) is 0.238. The van der Waals surface area contributed by atoms with E-state index in [1.807, 2.05) is 41.8 Å². The summed E-state index contributed by atoms with van der Waals surface area (Å²) in [4.78, 5) is 23.2. The molecule has 4 aromatic rings. The molecule has 0 aliphatic rings. The van der Waals surface area contributed by atoms with E-state index in [-0.39, 0.29) is 11.7 Å². The summed E-state index contributed by atoms with van der Waals surface area (Å²) in [5.74, 6) is 0.459. The molecule has 148 valence electrons. The summed E-state index contributed by atoms with van der Waals surface area (Å²) < 4.78 is 1.49. The van der Waals surface area contributed by atoms with Gasteiger partial charge in [-0.05, 0) is 35.9 Å². The van der Waals surface area contributed by atoms with Crippen molar-refractivity contribution < 1.29 is 4.79 Å². The minimum Gasteiger partial charge on any atom is -0.383 e. The molecule has 1 amide bonds. The number of nitrogen functional groups attached to an aromatic ring is 1. The maximum atomic E-state index is 12.9. The van der Waals surface area contributed by atoms with Gasteiger partial charge >= 0.3 is 0 Å². The van der Waals surface area contributed by atoms with Crippen LogP contribution in [0.3, 0.4) is 0 Å². The van der Waals surface area contributed by atoms with Crippen LogP contribution in [-0.4, -0.2) is 33.3 Å². The van der Waals surface area contributed by atoms with Crippen molar-refractivity contribution in [2.45, 2.75) is 20.3 Å². The van der Waals surface area contributed by atoms with Crippen LogP contribution >= 0.6 is 11.3 Å². The second kappa shape index (κ2) is 8.00. The van der Waals surface area contributed by atoms with Gasteiger partial charge in [-0.3, -0.25) is 4.79 Å². The number of hydrogen-bond donors (Lipinski definition) is 2. The van der Waals surface area contributed by atoms with Gasteiger partial charge in [-0.2, -0.15) is 9.78 Å². The van der Waals surface area contributed by atoms with Crippen molar-refractivity contribution in [1.29, 1.82) is 0 Å². The van der Waals surface area contributed by atoms with Crippen LogP contribution < -0.4 is 11.1 Å². The number of para-hydroxylation sites is 2. The maximum Gasteiger partial charge on any atom is 0.257 e. The Bertz CT molecular complexity index is 1190. The highest BCUT2D eigenvalue weighted by molar-refractivity contribution is 7.11. The number of nitrogens with one attached hydrogen (secondary N) is 1. The molecule has 0 aliphatic heterocycles. The third-order valence-corrected chi connectivity index (χ3v) is 5.36. The molecule has 0 saturated carbocycles. The van der Waals surface area contributed by atoms with Crippen LogP contribution in [0.25, 0.3) is 22.2 Å². The number of amides is 1. The number of nitrogens with two attached hydrogens (primary N) is 1. The monoisotopic (exact) mass is 406 g/mol. The second-order valence-corrected chi connectivity index (χ2v) is 8.13. The van der Waals surface area contributed by atoms with E-state index in [1.165, 1.54) is 4.68 Å². The van der Waals surface area contributed by atoms with E-state index in [9.17, 15) is 4.79 Å². The zero-order valence-corrected chi connectivity index (χ0v) is 17.1. The molecule has 4 rings (SSSR count). The van der Waals surface area contributed by atoms with E-state index in [4.69, 9.17) is 5.73 Å². The van der Waals surface area contributed by atoms with Crippen molar-refractivity contribution >= 4 is 51.5 Å². The number of aromatic nitrogens is 3. The highest BCUT2D eigenvalue weighted by atomic mass is 32.1. The largest absolute Gasteiger partial charge is 0.383 e. The van der Waals surface area contributed by atoms with Gasteiger partial charge in [0.15, 0.2) is 5.65 Å². The molecule has 0 aliphatic carbocycles. The van der Waals surface area contributed by atoms with Crippen LogP contribution in [0.4, 0.5) is 5.82 Å². The van der Waals surface area contributed by atoms with Crippen LogP contribution in [-0.2, 0) is 0 Å². The van der Waals surface area contributed by atoms with E-state index >= 15 is 0 Å². The minimum atomic E-state index is -0.261. The van der Waals surface area contributed by atoms with Crippen molar-refractivity contribution in [2.24, 2.45) is 11.0 Å². The van der Waals surface area contributed by atoms with Crippen molar-refractivity contribution in [3.05, 3.63) is 52.2 Å². The zero-order valence-electron chi connectivity index (χ0n) is 16.3. The predicted octanol–water partition coefficient (Wildman–Crippen LogP) is 3.89. The molecule has 0 radical (unpaired) electrons. The summed E-state index contributed by atoms with van der Waals surface area (Å²) in [7, 11) is 0. The van der Waals surface area contributed by atoms with Crippen molar-refractivity contribution in [3.8, 4) is 0 Å². The smallest absolute Gasteiger partial charge is 0.257 e. The van der Waals surface area contributed by atoms with Crippen molar-refractivity contribution in [2.75, 3.05) is 12.3 Å². The zero-order chi connectivity index (χ0) is 20.4. The number of nitrogens with zero attached hydrogens (tertiary/aromatic N) is 4. The normalized spacial score (nSPS) is 11.8. The molecule has 3 heterocycles. The van der Waals surface area contributed by atoms with Crippen molar-refractivity contribution in [1.82, 2.24) is 20.0 Å². The van der Waals surface area contributed by atoms with Gasteiger partial charge in [-0.25, -0.2) is 9.97 Å². The number of carbonyl (C=O) groups excluding carboxylic acids is 1. The molecule has 0 unspecified atom stereocenters. The molecular weight excluding hydrogens is 384 g/mol. The van der Waals surface area contributed by atoms with E-state index in [1.54, 1.807) is 17.6 Å². The lowest BCUT2D eigenvalue weighted by atomic mass is 10.1. The molecule has 1 aromatic carbocycles. The van der Waals surface area contributed by atoms with Gasteiger partial charge in [0.25, 0.3) is 5.91 Å². The summed E-state index contributed by atoms with van der Waals surface area (Å²) in [6, 6.07) is 11.4. The van der Waals surface area contributed by atoms with Crippen LogP contribution in [0.1, 0.15) is 35.5 Å². The topological polar surface area (TPSA) is 98.2 Å². The highest BCUT2D eigenvalue weighted by Gasteiger charge is 2.23. The maximum absolute atomic E-state index is 12.9. The lowest BCUT2D eigenvalue weighted by molar-refractivity contribution is 0.0954. The summed E-state index contributed by atoms with van der Waals surface area (Å²) in [5, 5.41) is 9.41. The summed E-state index contributed by atoms with van der Waals surface area (Å²) >= 11 is 1.56. The molecule has 7 nitrogen and oxygen atoms in total. The van der Waals surface area contributed by atoms with Gasteiger partial charge in [0.05, 0.1) is 17.2 Å². The summed E-state index contributed by atoms with van der Waals surface area (Å²) in [6.45, 7) is 4.80. The Morgan fingerprint density at radius 3 is 2.69 bits per heavy atom. The fourth-order valence-electron chi connectivity index (χ4n) is 3.03. The molecule has 3 aromatic heterocycles. The molecule has 29 heavy (non-hydrogen) atoms. The average Bonchev–Trinajstić information content (AvgIpc) is 3.30. The van der Waals surface area contributed by atoms with Crippen LogP contribution in [0, 0.1) is 5.92 Å². The van der Waals surface area contributed by atoms with Gasteiger partial charge in [0, 0.05) is 11.4 Å². The quantitative estimate of drug-likeness (QED) is 0.475. The number of rotatable bonds is 6. The van der Waals surface area contributed by atoms with E-state index in [2.05, 4.69) is 34.2 Å². The van der Waals surface area contributed by atoms with Crippen LogP contribution in [0.15, 0.2) is 46.9 Å². The lowest BCUT2D eigenvalue weighted by Crippen LogP contribution is -2.26. The Balaban J connectivity index is 1.84. The Kier molecular flexibility index (Phi) is 5.26. The van der Waals surface area contributed by atoms with Gasteiger partial charge in [0.2, 0.25) is 0 Å². The molecule has 0 fully saturated rings. The molecule has 0 spiro atoms. The van der Waals surface area contributed by atoms with Crippen LogP contribution in [0.5, 0.6) is 0 Å². The Labute approximate surface area is 172 Å². The predicted molar refractivity (Wildman–Crippen MR) is 119 cm³/mol. The summed E-state index contributed by atoms with van der Waals surface area (Å²) in [6.07, 6.45) is 2.59. The fourth-order valence-corrected chi connectivity index (χ4v) is 3.61. The van der Waals surface area contributed by atoms with E-state index in [0.717, 1.165) is 16.8 Å². The first-order chi connectivity index (χ1) is 14.0. The Morgan fingerprint density at radius 1 is 1.24 bits per heavy atom. The van der Waals surface area contributed by atoms with Gasteiger partial charge in [-0.1, -0.05) is 32.0 Å². The minimum absolute atomic E-state index is 0.227. The SMILES string of the molecule is CC(C)CCNC(=O)c1c(N)n(N=Cc2cccs2)c2nc3ccccc3nc12. The standard InChI is InChI=1S/C21H22N6OS/c1-13(2)9-10-23-21(28)17-18-20(26-16-8-4-3-7-15(16)25-18)27(19(17)22)24-12-14-6-5-11-29-14/h3-8,11-13H,9-10,22H2,1-2H3,(H,23,28). The molecule has 8 heteroatoms. The molecule has 0 atom stereocenters. The molecular formula is C21H22N6OS. The average molecular weight is 407 g/mol. The van der Waals surface area contributed by atoms with E-state index in [0.29, 0.717) is 34.7 Å². The number of anilines is 1. The number of benzene rings is 1. The van der Waals surface area contributed by atoms with Crippen LogP contribution in [0.2, 0.25) is 0 Å². The number of fused-ring (bicyclic) bond motifs is 2. The second-order valence-electron chi connectivity index (χ2n) is 7.15. The van der Waals surface area contributed by atoms with Gasteiger partial charge in [0.1, 0.15) is 16.9 Å². The van der Waals surface area contributed by atoms with E-state index < -0.39 is 0 Å². The van der Waals surface area contributed by atoms with Gasteiger partial charge < -0.3 is 11.1 Å². The van der Waals surface area contributed by atoms with Crippen molar-refractivity contribution in [3.63, 3.8) is 0 Å². The Morgan fingerprint density at radius 2 is 2.00 bits per heavy atom. The van der Waals surface area contributed by atoms with Gasteiger partial charge in [-0.15, -0.1) is 11.3 Å². The number of thiophene rings is 1. The third kappa shape index (κ3) is 3.84. The molecule has 3 N–H and O–H groups in total. The lowest BCUT2D eigenvalue weighted by Gasteiger charge is -2.07.